The molecule has 0 bridgehead atoms. The molecule has 172 valence electrons. The van der Waals surface area contributed by atoms with Crippen molar-refractivity contribution in [2.24, 2.45) is 5.92 Å². The zero-order chi connectivity index (χ0) is 22.9. The van der Waals surface area contributed by atoms with Crippen molar-refractivity contribution in [3.63, 3.8) is 0 Å². The summed E-state index contributed by atoms with van der Waals surface area (Å²) in [4.78, 5) is 0.185. The number of piperidine rings is 1. The monoisotopic (exact) mass is 467 g/mol. The predicted octanol–water partition coefficient (Wildman–Crippen LogP) is 4.01. The van der Waals surface area contributed by atoms with Crippen molar-refractivity contribution in [3.8, 4) is 5.75 Å². The third-order valence-electron chi connectivity index (χ3n) is 5.97. The van der Waals surface area contributed by atoms with E-state index >= 15 is 0 Å². The van der Waals surface area contributed by atoms with Crippen molar-refractivity contribution in [2.45, 2.75) is 30.3 Å². The molecule has 0 spiro atoms. The molecule has 1 N–H and O–H groups in total. The Morgan fingerprint density at radius 2 is 1.69 bits per heavy atom. The Kier molecular flexibility index (Phi) is 6.33. The maximum Gasteiger partial charge on any atom is 0.416 e. The first kappa shape index (κ1) is 22.8. The molecule has 1 saturated heterocycles. The van der Waals surface area contributed by atoms with E-state index in [0.29, 0.717) is 37.9 Å². The number of allylic oxidation sites excluding steroid dienone is 1. The van der Waals surface area contributed by atoms with Crippen LogP contribution in [-0.4, -0.2) is 50.3 Å². The molecule has 0 amide bonds. The summed E-state index contributed by atoms with van der Waals surface area (Å²) < 4.78 is 72.5. The number of fused-ring (bicyclic) bond motifs is 1. The fourth-order valence-corrected chi connectivity index (χ4v) is 5.58. The molecule has 2 heterocycles. The second kappa shape index (κ2) is 8.88. The van der Waals surface area contributed by atoms with Gasteiger partial charge in [0.1, 0.15) is 12.4 Å². The number of aliphatic hydroxyl groups excluding tert-OH is 1. The van der Waals surface area contributed by atoms with E-state index in [4.69, 9.17) is 4.74 Å². The first-order valence-electron chi connectivity index (χ1n) is 10.4. The van der Waals surface area contributed by atoms with Gasteiger partial charge in [-0.15, -0.1) is 0 Å². The number of hydrogen-bond donors (Lipinski definition) is 1. The van der Waals surface area contributed by atoms with Crippen molar-refractivity contribution in [2.75, 3.05) is 26.3 Å². The van der Waals surface area contributed by atoms with Gasteiger partial charge in [-0.2, -0.15) is 17.5 Å². The van der Waals surface area contributed by atoms with Gasteiger partial charge in [-0.05, 0) is 66.6 Å². The second-order valence-corrected chi connectivity index (χ2v) is 10.0. The van der Waals surface area contributed by atoms with Crippen LogP contribution in [0.25, 0.3) is 5.57 Å². The first-order valence-corrected chi connectivity index (χ1v) is 11.9. The zero-order valence-corrected chi connectivity index (χ0v) is 18.1. The summed E-state index contributed by atoms with van der Waals surface area (Å²) >= 11 is 0. The van der Waals surface area contributed by atoms with Crippen LogP contribution in [0.1, 0.15) is 29.5 Å². The lowest BCUT2D eigenvalue weighted by molar-refractivity contribution is -0.0697. The van der Waals surface area contributed by atoms with Gasteiger partial charge in [-0.25, -0.2) is 8.42 Å². The van der Waals surface area contributed by atoms with Crippen LogP contribution in [0.15, 0.2) is 53.4 Å². The van der Waals surface area contributed by atoms with E-state index < -0.39 is 21.8 Å². The van der Waals surface area contributed by atoms with Gasteiger partial charge in [0.05, 0.1) is 10.5 Å². The Labute approximate surface area is 185 Å². The maximum absolute atomic E-state index is 13.3. The topological polar surface area (TPSA) is 66.8 Å². The largest absolute Gasteiger partial charge is 0.489 e. The summed E-state index contributed by atoms with van der Waals surface area (Å²) in [5.74, 6) is 0.341. The van der Waals surface area contributed by atoms with Gasteiger partial charge in [0.2, 0.25) is 10.0 Å². The van der Waals surface area contributed by atoms with Crippen molar-refractivity contribution in [1.29, 1.82) is 0 Å². The standard InChI is InChI=1S/C23H24F3NO4S/c24-23(25,26)21-9-12-31-22-6-3-18(14-20(21)22)13-16-1-4-19(5-2-16)32(29,30)27-10-7-17(15-28)8-11-27/h1-6,9,14,17,28H,7-8,10-13,15H2. The number of aliphatic hydroxyl groups is 1. The molecule has 4 rings (SSSR count). The van der Waals surface area contributed by atoms with Crippen LogP contribution in [-0.2, 0) is 16.4 Å². The van der Waals surface area contributed by atoms with Gasteiger partial charge in [0.15, 0.2) is 0 Å². The quantitative estimate of drug-likeness (QED) is 0.722. The summed E-state index contributed by atoms with van der Waals surface area (Å²) in [6, 6.07) is 11.2. The van der Waals surface area contributed by atoms with Crippen molar-refractivity contribution < 1.29 is 31.4 Å². The Balaban J connectivity index is 1.50. The molecule has 0 radical (unpaired) electrons. The number of hydrogen-bond acceptors (Lipinski definition) is 4. The van der Waals surface area contributed by atoms with E-state index in [1.807, 2.05) is 0 Å². The van der Waals surface area contributed by atoms with E-state index in [0.717, 1.165) is 11.6 Å². The predicted molar refractivity (Wildman–Crippen MR) is 114 cm³/mol. The highest BCUT2D eigenvalue weighted by molar-refractivity contribution is 7.89. The molecule has 0 aliphatic carbocycles. The summed E-state index contributed by atoms with van der Waals surface area (Å²) in [7, 11) is -3.62. The first-order chi connectivity index (χ1) is 15.2. The van der Waals surface area contributed by atoms with E-state index in [1.165, 1.54) is 28.6 Å². The molecular formula is C23H24F3NO4S. The molecule has 32 heavy (non-hydrogen) atoms. The summed E-state index contributed by atoms with van der Waals surface area (Å²) in [5.41, 5.74) is 0.780. The third kappa shape index (κ3) is 4.69. The van der Waals surface area contributed by atoms with E-state index in [-0.39, 0.29) is 35.3 Å². The molecule has 1 fully saturated rings. The summed E-state index contributed by atoms with van der Waals surface area (Å²) in [6.45, 7) is 0.704. The van der Waals surface area contributed by atoms with Gasteiger partial charge in [0.25, 0.3) is 0 Å². The molecule has 2 aromatic carbocycles. The highest BCUT2D eigenvalue weighted by atomic mass is 32.2. The molecule has 2 aliphatic heterocycles. The van der Waals surface area contributed by atoms with E-state index in [1.54, 1.807) is 18.2 Å². The smallest absolute Gasteiger partial charge is 0.416 e. The Bertz CT molecular complexity index is 1100. The van der Waals surface area contributed by atoms with Gasteiger partial charge in [0, 0.05) is 25.3 Å². The molecule has 5 nitrogen and oxygen atoms in total. The van der Waals surface area contributed by atoms with Crippen LogP contribution in [0.4, 0.5) is 13.2 Å². The maximum atomic E-state index is 13.3. The fourth-order valence-electron chi connectivity index (χ4n) is 4.11. The van der Waals surface area contributed by atoms with E-state index in [9.17, 15) is 26.7 Å². The number of alkyl halides is 3. The number of rotatable bonds is 5. The number of sulfonamides is 1. The van der Waals surface area contributed by atoms with Crippen LogP contribution < -0.4 is 4.74 Å². The molecule has 9 heteroatoms. The SMILES string of the molecule is O=S(=O)(c1ccc(Cc2ccc3c(c2)C(C(F)(F)F)=CCO3)cc1)N1CCC(CO)CC1. The Hall–Kier alpha value is -2.36. The van der Waals surface area contributed by atoms with Crippen LogP contribution in [0.5, 0.6) is 5.75 Å². The molecule has 0 unspecified atom stereocenters. The highest BCUT2D eigenvalue weighted by Gasteiger charge is 2.37. The fraction of sp³-hybridized carbons (Fsp3) is 0.391. The molecule has 0 saturated carbocycles. The molecule has 2 aromatic rings. The van der Waals surface area contributed by atoms with Crippen LogP contribution in [0, 0.1) is 5.92 Å². The van der Waals surface area contributed by atoms with Crippen molar-refractivity contribution in [3.05, 3.63) is 65.2 Å². The summed E-state index contributed by atoms with van der Waals surface area (Å²) in [5, 5.41) is 9.23. The van der Waals surface area contributed by atoms with Gasteiger partial charge in [-0.3, -0.25) is 0 Å². The lowest BCUT2D eigenvalue weighted by Crippen LogP contribution is -2.39. The van der Waals surface area contributed by atoms with E-state index in [2.05, 4.69) is 0 Å². The summed E-state index contributed by atoms with van der Waals surface area (Å²) in [6.07, 6.45) is -1.80. The van der Waals surface area contributed by atoms with Gasteiger partial charge >= 0.3 is 6.18 Å². The average Bonchev–Trinajstić information content (AvgIpc) is 2.78. The average molecular weight is 468 g/mol. The molecule has 2 aliphatic rings. The second-order valence-electron chi connectivity index (χ2n) is 8.11. The highest BCUT2D eigenvalue weighted by Crippen LogP contribution is 2.41. The lowest BCUT2D eigenvalue weighted by atomic mass is 9.96. The number of ether oxygens (including phenoxy) is 1. The van der Waals surface area contributed by atoms with Crippen LogP contribution in [0.3, 0.4) is 0 Å². The Morgan fingerprint density at radius 3 is 2.31 bits per heavy atom. The Morgan fingerprint density at radius 1 is 1.03 bits per heavy atom. The minimum Gasteiger partial charge on any atom is -0.489 e. The van der Waals surface area contributed by atoms with Gasteiger partial charge in [-0.1, -0.05) is 18.2 Å². The minimum absolute atomic E-state index is 0.0201. The number of nitrogens with zero attached hydrogens (tertiary/aromatic N) is 1. The third-order valence-corrected chi connectivity index (χ3v) is 7.88. The molecule has 0 aromatic heterocycles. The number of halogens is 3. The van der Waals surface area contributed by atoms with Crippen molar-refractivity contribution in [1.82, 2.24) is 4.31 Å². The molecule has 0 atom stereocenters. The van der Waals surface area contributed by atoms with Crippen LogP contribution in [0.2, 0.25) is 0 Å². The van der Waals surface area contributed by atoms with Gasteiger partial charge < -0.3 is 9.84 Å². The normalized spacial score (nSPS) is 18.1. The van der Waals surface area contributed by atoms with Crippen molar-refractivity contribution >= 4 is 15.6 Å². The number of benzene rings is 2. The van der Waals surface area contributed by atoms with Crippen LogP contribution >= 0.6 is 0 Å². The minimum atomic E-state index is -4.46. The zero-order valence-electron chi connectivity index (χ0n) is 17.3. The molecular weight excluding hydrogens is 443 g/mol. The lowest BCUT2D eigenvalue weighted by Gasteiger charge is -2.30.